The summed E-state index contributed by atoms with van der Waals surface area (Å²) in [4.78, 5) is 23.8. The van der Waals surface area contributed by atoms with Crippen molar-refractivity contribution in [3.05, 3.63) is 34.4 Å². The van der Waals surface area contributed by atoms with E-state index in [1.165, 1.54) is 17.0 Å². The molecule has 2 rings (SSSR count). The number of benzene rings is 1. The molecule has 1 heterocycles. The number of nitrogens with one attached hydrogen (secondary N) is 1. The standard InChI is InChI=1S/C11H12N4O3S/c12-11(13)19-9-4-5-14(10(9)16)7-2-1-3-8(6-7)15(17)18/h1-3,6,9H,4-5H2,(H3,12,13). The van der Waals surface area contributed by atoms with Crippen LogP contribution < -0.4 is 10.6 Å². The minimum atomic E-state index is -0.494. The number of anilines is 1. The summed E-state index contributed by atoms with van der Waals surface area (Å²) in [5, 5.41) is 17.4. The van der Waals surface area contributed by atoms with Crippen molar-refractivity contribution in [1.82, 2.24) is 0 Å². The van der Waals surface area contributed by atoms with E-state index in [-0.39, 0.29) is 22.0 Å². The van der Waals surface area contributed by atoms with E-state index in [1.54, 1.807) is 12.1 Å². The number of rotatable bonds is 3. The molecule has 0 spiro atoms. The Kier molecular flexibility index (Phi) is 3.70. The SMILES string of the molecule is N=C(N)SC1CCN(c2cccc([N+](=O)[O-])c2)C1=O. The highest BCUT2D eigenvalue weighted by atomic mass is 32.2. The predicted molar refractivity (Wildman–Crippen MR) is 73.4 cm³/mol. The van der Waals surface area contributed by atoms with E-state index in [0.29, 0.717) is 18.7 Å². The number of carbonyl (C=O) groups excluding carboxylic acids is 1. The lowest BCUT2D eigenvalue weighted by Crippen LogP contribution is -2.29. The van der Waals surface area contributed by atoms with Gasteiger partial charge in [0.25, 0.3) is 5.69 Å². The molecule has 1 aliphatic rings. The molecule has 1 saturated heterocycles. The van der Waals surface area contributed by atoms with Gasteiger partial charge in [0.2, 0.25) is 5.91 Å². The number of nitrogens with zero attached hydrogens (tertiary/aromatic N) is 2. The molecule has 1 aromatic rings. The third-order valence-corrected chi connectivity index (χ3v) is 3.75. The van der Waals surface area contributed by atoms with Crippen LogP contribution in [0.4, 0.5) is 11.4 Å². The molecule has 1 unspecified atom stereocenters. The van der Waals surface area contributed by atoms with E-state index in [0.717, 1.165) is 11.8 Å². The smallest absolute Gasteiger partial charge is 0.271 e. The van der Waals surface area contributed by atoms with E-state index in [4.69, 9.17) is 11.1 Å². The first-order valence-electron chi connectivity index (χ1n) is 5.55. The third kappa shape index (κ3) is 2.84. The maximum atomic E-state index is 12.1. The van der Waals surface area contributed by atoms with E-state index in [2.05, 4.69) is 0 Å². The predicted octanol–water partition coefficient (Wildman–Crippen LogP) is 1.33. The Morgan fingerprint density at radius 1 is 1.58 bits per heavy atom. The van der Waals surface area contributed by atoms with Gasteiger partial charge in [-0.05, 0) is 12.5 Å². The van der Waals surface area contributed by atoms with Gasteiger partial charge in [-0.3, -0.25) is 20.3 Å². The molecule has 7 nitrogen and oxygen atoms in total. The minimum Gasteiger partial charge on any atom is -0.379 e. The summed E-state index contributed by atoms with van der Waals surface area (Å²) in [6.07, 6.45) is 0.575. The summed E-state index contributed by atoms with van der Waals surface area (Å²) >= 11 is 1.02. The first-order valence-corrected chi connectivity index (χ1v) is 6.43. The molecule has 0 aliphatic carbocycles. The normalized spacial score (nSPS) is 18.6. The Hall–Kier alpha value is -2.09. The van der Waals surface area contributed by atoms with Crippen LogP contribution in [0.2, 0.25) is 0 Å². The second kappa shape index (κ2) is 5.27. The van der Waals surface area contributed by atoms with Gasteiger partial charge in [-0.25, -0.2) is 0 Å². The second-order valence-electron chi connectivity index (χ2n) is 4.03. The minimum absolute atomic E-state index is 0.0482. The lowest BCUT2D eigenvalue weighted by molar-refractivity contribution is -0.384. The van der Waals surface area contributed by atoms with Gasteiger partial charge < -0.3 is 10.6 Å². The molecule has 3 N–H and O–H groups in total. The van der Waals surface area contributed by atoms with Gasteiger partial charge in [0.05, 0.1) is 15.9 Å². The lowest BCUT2D eigenvalue weighted by atomic mass is 10.2. The Morgan fingerprint density at radius 2 is 2.32 bits per heavy atom. The first kappa shape index (κ1) is 13.3. The lowest BCUT2D eigenvalue weighted by Gasteiger charge is -2.16. The molecule has 0 saturated carbocycles. The van der Waals surface area contributed by atoms with Gasteiger partial charge in [0.1, 0.15) is 0 Å². The van der Waals surface area contributed by atoms with Gasteiger partial charge in [-0.1, -0.05) is 17.8 Å². The Morgan fingerprint density at radius 3 is 2.95 bits per heavy atom. The van der Waals surface area contributed by atoms with Crippen molar-refractivity contribution >= 4 is 34.2 Å². The first-order chi connectivity index (χ1) is 8.99. The number of carbonyl (C=O) groups is 1. The molecule has 0 bridgehead atoms. The van der Waals surface area contributed by atoms with E-state index >= 15 is 0 Å². The van der Waals surface area contributed by atoms with Crippen LogP contribution in [0, 0.1) is 15.5 Å². The fourth-order valence-electron chi connectivity index (χ4n) is 1.95. The number of non-ortho nitro benzene ring substituents is 1. The summed E-state index contributed by atoms with van der Waals surface area (Å²) < 4.78 is 0. The molecule has 19 heavy (non-hydrogen) atoms. The number of thioether (sulfide) groups is 1. The number of hydrogen-bond acceptors (Lipinski definition) is 5. The van der Waals surface area contributed by atoms with Gasteiger partial charge in [-0.15, -0.1) is 0 Å². The van der Waals surface area contributed by atoms with Crippen LogP contribution in [0.5, 0.6) is 0 Å². The van der Waals surface area contributed by atoms with Gasteiger partial charge in [0.15, 0.2) is 5.17 Å². The van der Waals surface area contributed by atoms with Crippen LogP contribution in [0.1, 0.15) is 6.42 Å². The molecule has 8 heteroatoms. The monoisotopic (exact) mass is 280 g/mol. The van der Waals surface area contributed by atoms with E-state index in [9.17, 15) is 14.9 Å². The van der Waals surface area contributed by atoms with E-state index in [1.807, 2.05) is 0 Å². The van der Waals surface area contributed by atoms with Crippen molar-refractivity contribution in [3.8, 4) is 0 Å². The van der Waals surface area contributed by atoms with Crippen LogP contribution in [-0.2, 0) is 4.79 Å². The fraction of sp³-hybridized carbons (Fsp3) is 0.273. The topological polar surface area (TPSA) is 113 Å². The van der Waals surface area contributed by atoms with E-state index < -0.39 is 4.92 Å². The number of nitrogens with two attached hydrogens (primary N) is 1. The molecule has 1 amide bonds. The van der Waals surface area contributed by atoms with Crippen LogP contribution in [0.3, 0.4) is 0 Å². The zero-order chi connectivity index (χ0) is 14.0. The summed E-state index contributed by atoms with van der Waals surface area (Å²) in [7, 11) is 0. The second-order valence-corrected chi connectivity index (χ2v) is 5.27. The van der Waals surface area contributed by atoms with Crippen molar-refractivity contribution in [2.24, 2.45) is 5.73 Å². The molecule has 1 fully saturated rings. The van der Waals surface area contributed by atoms with Crippen LogP contribution >= 0.6 is 11.8 Å². The van der Waals surface area contributed by atoms with Gasteiger partial charge in [-0.2, -0.15) is 0 Å². The Labute approximate surface area is 113 Å². The summed E-state index contributed by atoms with van der Waals surface area (Å²) in [5.74, 6) is -0.166. The molecular formula is C11H12N4O3S. The molecule has 0 radical (unpaired) electrons. The van der Waals surface area contributed by atoms with Crippen molar-refractivity contribution < 1.29 is 9.72 Å². The zero-order valence-electron chi connectivity index (χ0n) is 9.91. The van der Waals surface area contributed by atoms with Gasteiger partial charge in [0, 0.05) is 18.7 Å². The summed E-state index contributed by atoms with van der Waals surface area (Å²) in [6.45, 7) is 0.477. The number of hydrogen-bond donors (Lipinski definition) is 2. The largest absolute Gasteiger partial charge is 0.379 e. The van der Waals surface area contributed by atoms with Crippen molar-refractivity contribution in [1.29, 1.82) is 5.41 Å². The molecular weight excluding hydrogens is 268 g/mol. The quantitative estimate of drug-likeness (QED) is 0.375. The third-order valence-electron chi connectivity index (χ3n) is 2.78. The van der Waals surface area contributed by atoms with Gasteiger partial charge >= 0.3 is 0 Å². The van der Waals surface area contributed by atoms with Crippen molar-refractivity contribution in [2.75, 3.05) is 11.4 Å². The number of amidine groups is 1. The maximum absolute atomic E-state index is 12.1. The average molecular weight is 280 g/mol. The average Bonchev–Trinajstić information content (AvgIpc) is 2.70. The molecule has 0 aromatic heterocycles. The van der Waals surface area contributed by atoms with Crippen molar-refractivity contribution in [3.63, 3.8) is 0 Å². The zero-order valence-corrected chi connectivity index (χ0v) is 10.7. The van der Waals surface area contributed by atoms with Crippen LogP contribution in [0.15, 0.2) is 24.3 Å². The van der Waals surface area contributed by atoms with Crippen LogP contribution in [0.25, 0.3) is 0 Å². The number of nitro benzene ring substituents is 1. The molecule has 100 valence electrons. The Bertz CT molecular complexity index is 548. The Balaban J connectivity index is 2.19. The molecule has 1 aliphatic heterocycles. The van der Waals surface area contributed by atoms with Crippen LogP contribution in [-0.4, -0.2) is 27.8 Å². The highest BCUT2D eigenvalue weighted by Crippen LogP contribution is 2.30. The summed E-state index contributed by atoms with van der Waals surface area (Å²) in [5.41, 5.74) is 5.73. The summed E-state index contributed by atoms with van der Waals surface area (Å²) in [6, 6.07) is 5.96. The highest BCUT2D eigenvalue weighted by molar-refractivity contribution is 8.14. The van der Waals surface area contributed by atoms with Crippen molar-refractivity contribution in [2.45, 2.75) is 11.7 Å². The number of amides is 1. The number of nitro groups is 1. The molecule has 1 atom stereocenters. The molecule has 1 aromatic carbocycles. The maximum Gasteiger partial charge on any atom is 0.271 e. The highest BCUT2D eigenvalue weighted by Gasteiger charge is 2.34. The fourth-order valence-corrected chi connectivity index (χ4v) is 2.71.